The maximum absolute atomic E-state index is 12.6. The van der Waals surface area contributed by atoms with Crippen molar-refractivity contribution in [2.75, 3.05) is 11.5 Å². The Bertz CT molecular complexity index is 650. The van der Waals surface area contributed by atoms with E-state index >= 15 is 0 Å². The molecular weight excluding hydrogens is 337 g/mol. The smallest absolute Gasteiger partial charge is 0.137 e. The second-order valence-electron chi connectivity index (χ2n) is 4.37. The molecule has 1 aliphatic heterocycles. The zero-order chi connectivity index (χ0) is 14.2. The fourth-order valence-electron chi connectivity index (χ4n) is 2.24. The van der Waals surface area contributed by atoms with Gasteiger partial charge in [-0.25, -0.2) is 4.98 Å². The molecule has 0 amide bonds. The topological polar surface area (TPSA) is 47.8 Å². The van der Waals surface area contributed by atoms with Crippen LogP contribution in [0.3, 0.4) is 0 Å². The van der Waals surface area contributed by atoms with Gasteiger partial charge in [0.1, 0.15) is 16.7 Å². The van der Waals surface area contributed by atoms with Crippen LogP contribution in [0.2, 0.25) is 10.0 Å². The molecule has 2 aromatic rings. The van der Waals surface area contributed by atoms with Gasteiger partial charge in [0.15, 0.2) is 0 Å². The molecule has 0 aliphatic carbocycles. The van der Waals surface area contributed by atoms with Crippen molar-refractivity contribution in [3.05, 3.63) is 46.5 Å². The van der Waals surface area contributed by atoms with E-state index in [-0.39, 0.29) is 0 Å². The zero-order valence-corrected chi connectivity index (χ0v) is 13.5. The van der Waals surface area contributed by atoms with Gasteiger partial charge in [-0.1, -0.05) is 29.3 Å². The van der Waals surface area contributed by atoms with Crippen molar-refractivity contribution in [3.8, 4) is 0 Å². The highest BCUT2D eigenvalue weighted by Crippen LogP contribution is 2.48. The van der Waals surface area contributed by atoms with Crippen LogP contribution in [0.4, 0.5) is 0 Å². The Hall–Kier alpha value is -0.560. The van der Waals surface area contributed by atoms with E-state index in [9.17, 15) is 4.21 Å². The van der Waals surface area contributed by atoms with E-state index in [2.05, 4.69) is 10.1 Å². The van der Waals surface area contributed by atoms with Crippen LogP contribution in [-0.2, 0) is 21.4 Å². The highest BCUT2D eigenvalue weighted by Gasteiger charge is 2.45. The number of thioether (sulfide) groups is 1. The fourth-order valence-corrected chi connectivity index (χ4v) is 6.80. The fraction of sp³-hybridized carbons (Fsp3) is 0.333. The number of hydrogen-bond acceptors (Lipinski definition) is 4. The van der Waals surface area contributed by atoms with Crippen LogP contribution >= 0.6 is 35.0 Å². The highest BCUT2D eigenvalue weighted by atomic mass is 35.5. The van der Waals surface area contributed by atoms with Crippen molar-refractivity contribution in [3.63, 3.8) is 0 Å². The van der Waals surface area contributed by atoms with Gasteiger partial charge in [-0.2, -0.15) is 5.10 Å². The summed E-state index contributed by atoms with van der Waals surface area (Å²) in [6.07, 6.45) is 3.10. The van der Waals surface area contributed by atoms with Gasteiger partial charge in [0, 0.05) is 37.9 Å². The van der Waals surface area contributed by atoms with E-state index in [4.69, 9.17) is 23.2 Å². The van der Waals surface area contributed by atoms with Crippen molar-refractivity contribution >= 4 is 45.8 Å². The van der Waals surface area contributed by atoms with Gasteiger partial charge < -0.3 is 0 Å². The van der Waals surface area contributed by atoms with Crippen LogP contribution in [0.1, 0.15) is 5.56 Å². The lowest BCUT2D eigenvalue weighted by Crippen LogP contribution is -2.31. The van der Waals surface area contributed by atoms with Crippen molar-refractivity contribution in [2.24, 2.45) is 0 Å². The van der Waals surface area contributed by atoms with Crippen LogP contribution in [0.5, 0.6) is 0 Å². The number of nitrogens with zero attached hydrogens (tertiary/aromatic N) is 3. The summed E-state index contributed by atoms with van der Waals surface area (Å²) in [5, 5.41) is 5.24. The summed E-state index contributed by atoms with van der Waals surface area (Å²) in [5.74, 6) is 1.48. The third-order valence-corrected chi connectivity index (χ3v) is 7.75. The van der Waals surface area contributed by atoms with Gasteiger partial charge >= 0.3 is 0 Å². The lowest BCUT2D eigenvalue weighted by Gasteiger charge is -2.28. The first kappa shape index (κ1) is 14.4. The Labute approximate surface area is 133 Å². The van der Waals surface area contributed by atoms with Gasteiger partial charge in [-0.3, -0.25) is 8.89 Å². The molecule has 3 rings (SSSR count). The second-order valence-corrected chi connectivity index (χ2v) is 8.66. The molecule has 1 fully saturated rings. The van der Waals surface area contributed by atoms with Crippen LogP contribution < -0.4 is 0 Å². The molecule has 1 aromatic heterocycles. The Kier molecular flexibility index (Phi) is 4.08. The zero-order valence-electron chi connectivity index (χ0n) is 10.3. The first-order valence-electron chi connectivity index (χ1n) is 5.92. The third-order valence-electron chi connectivity index (χ3n) is 3.15. The molecule has 2 unspecified atom stereocenters. The van der Waals surface area contributed by atoms with Crippen molar-refractivity contribution in [1.29, 1.82) is 0 Å². The predicted molar refractivity (Wildman–Crippen MR) is 83.6 cm³/mol. The Morgan fingerprint density at radius 2 is 2.30 bits per heavy atom. The van der Waals surface area contributed by atoms with Crippen molar-refractivity contribution < 1.29 is 4.21 Å². The Balaban J connectivity index is 2.08. The molecule has 1 saturated heterocycles. The minimum absolute atomic E-state index is 0.478. The SMILES string of the molecule is O=S1CCSC1(Cn1cncn1)c1ccc(Cl)cc1Cl. The molecule has 8 heteroatoms. The summed E-state index contributed by atoms with van der Waals surface area (Å²) in [5.41, 5.74) is 0.847. The Morgan fingerprint density at radius 1 is 1.45 bits per heavy atom. The quantitative estimate of drug-likeness (QED) is 0.856. The van der Waals surface area contributed by atoms with E-state index in [0.29, 0.717) is 22.3 Å². The van der Waals surface area contributed by atoms with Crippen LogP contribution in [0.25, 0.3) is 0 Å². The minimum atomic E-state index is -1.02. The van der Waals surface area contributed by atoms with Gasteiger partial charge in [0.05, 0.1) is 6.54 Å². The molecular formula is C12H11Cl2N3OS2. The van der Waals surface area contributed by atoms with Gasteiger partial charge in [0.25, 0.3) is 0 Å². The standard InChI is InChI=1S/C12H11Cl2N3OS2/c13-9-1-2-10(11(14)5-9)12(19-3-4-20(12)18)6-17-8-15-7-16-17/h1-2,5,7-8H,3-4,6H2. The average molecular weight is 348 g/mol. The van der Waals surface area contributed by atoms with Gasteiger partial charge in [-0.15, -0.1) is 11.8 Å². The Morgan fingerprint density at radius 3 is 2.90 bits per heavy atom. The van der Waals surface area contributed by atoms with E-state index in [1.165, 1.54) is 6.33 Å². The van der Waals surface area contributed by atoms with Gasteiger partial charge in [-0.05, 0) is 12.1 Å². The average Bonchev–Trinajstić information content (AvgIpc) is 3.01. The largest absolute Gasteiger partial charge is 0.258 e. The number of benzene rings is 1. The van der Waals surface area contributed by atoms with Crippen molar-refractivity contribution in [2.45, 2.75) is 10.6 Å². The summed E-state index contributed by atoms with van der Waals surface area (Å²) in [7, 11) is -1.02. The van der Waals surface area contributed by atoms with Gasteiger partial charge in [0.2, 0.25) is 0 Å². The monoisotopic (exact) mass is 347 g/mol. The number of halogens is 2. The first-order chi connectivity index (χ1) is 9.62. The van der Waals surface area contributed by atoms with E-state index in [0.717, 1.165) is 11.3 Å². The molecule has 2 heterocycles. The highest BCUT2D eigenvalue weighted by molar-refractivity contribution is 8.14. The van der Waals surface area contributed by atoms with Crippen LogP contribution in [0, 0.1) is 0 Å². The molecule has 0 spiro atoms. The molecule has 2 atom stereocenters. The lowest BCUT2D eigenvalue weighted by molar-refractivity contribution is 0.565. The molecule has 20 heavy (non-hydrogen) atoms. The second kappa shape index (κ2) is 5.67. The maximum atomic E-state index is 12.6. The third kappa shape index (κ3) is 2.50. The summed E-state index contributed by atoms with van der Waals surface area (Å²) >= 11 is 13.9. The van der Waals surface area contributed by atoms with Crippen LogP contribution in [0.15, 0.2) is 30.9 Å². The van der Waals surface area contributed by atoms with Crippen LogP contribution in [-0.4, -0.2) is 30.5 Å². The molecule has 106 valence electrons. The normalized spacial score (nSPS) is 26.0. The van der Waals surface area contributed by atoms with E-state index < -0.39 is 14.9 Å². The summed E-state index contributed by atoms with van der Waals surface area (Å²) in [6, 6.07) is 5.33. The van der Waals surface area contributed by atoms with E-state index in [1.54, 1.807) is 34.9 Å². The maximum Gasteiger partial charge on any atom is 0.137 e. The summed E-state index contributed by atoms with van der Waals surface area (Å²) in [6.45, 7) is 0.478. The van der Waals surface area contributed by atoms with E-state index in [1.807, 2.05) is 6.07 Å². The molecule has 0 N–H and O–H groups in total. The molecule has 4 nitrogen and oxygen atoms in total. The van der Waals surface area contributed by atoms with Crippen molar-refractivity contribution in [1.82, 2.24) is 14.8 Å². The number of aromatic nitrogens is 3. The minimum Gasteiger partial charge on any atom is -0.258 e. The molecule has 1 aromatic carbocycles. The molecule has 0 bridgehead atoms. The first-order valence-corrected chi connectivity index (χ1v) is 8.98. The summed E-state index contributed by atoms with van der Waals surface area (Å²) < 4.78 is 13.7. The molecule has 0 saturated carbocycles. The number of hydrogen-bond donors (Lipinski definition) is 0. The molecule has 1 aliphatic rings. The molecule has 0 radical (unpaired) electrons. The lowest BCUT2D eigenvalue weighted by atomic mass is 10.1. The summed E-state index contributed by atoms with van der Waals surface area (Å²) in [4.78, 5) is 3.94. The number of rotatable bonds is 3. The predicted octanol–water partition coefficient (Wildman–Crippen LogP) is 2.93.